The van der Waals surface area contributed by atoms with Crippen LogP contribution in [0.3, 0.4) is 0 Å². The number of hydrogen-bond donors (Lipinski definition) is 1. The Morgan fingerprint density at radius 1 is 1.31 bits per heavy atom. The summed E-state index contributed by atoms with van der Waals surface area (Å²) >= 11 is 0. The second-order valence-corrected chi connectivity index (χ2v) is 8.94. The van der Waals surface area contributed by atoms with Gasteiger partial charge < -0.3 is 10.2 Å². The summed E-state index contributed by atoms with van der Waals surface area (Å²) in [6.07, 6.45) is 1.93. The molecule has 1 aliphatic heterocycles. The highest BCUT2D eigenvalue weighted by atomic mass is 32.2. The smallest absolute Gasteiger partial charge is 0.242 e. The number of sulfonamides is 1. The van der Waals surface area contributed by atoms with Crippen LogP contribution in [0.2, 0.25) is 0 Å². The van der Waals surface area contributed by atoms with Crippen molar-refractivity contribution in [2.75, 3.05) is 32.5 Å². The Balaban J connectivity index is 2.17. The number of benzene rings is 1. The van der Waals surface area contributed by atoms with E-state index in [2.05, 4.69) is 5.32 Å². The third-order valence-corrected chi connectivity index (χ3v) is 6.50. The first kappa shape index (κ1) is 20.4. The zero-order chi connectivity index (χ0) is 19.5. The van der Waals surface area contributed by atoms with Gasteiger partial charge in [0, 0.05) is 39.3 Å². The summed E-state index contributed by atoms with van der Waals surface area (Å²) in [6, 6.07) is 4.70. The van der Waals surface area contributed by atoms with Gasteiger partial charge in [0.25, 0.3) is 0 Å². The number of anilines is 1. The van der Waals surface area contributed by atoms with Gasteiger partial charge in [-0.2, -0.15) is 0 Å². The molecular formula is C18H27N3O4S. The van der Waals surface area contributed by atoms with Crippen molar-refractivity contribution in [2.24, 2.45) is 5.92 Å². The number of aryl methyl sites for hydroxylation is 1. The predicted molar refractivity (Wildman–Crippen MR) is 100 cm³/mol. The topological polar surface area (TPSA) is 86.8 Å². The maximum atomic E-state index is 12.7. The molecule has 1 fully saturated rings. The molecule has 2 amide bonds. The van der Waals surface area contributed by atoms with Gasteiger partial charge in [-0.1, -0.05) is 13.0 Å². The molecule has 0 spiro atoms. The third-order valence-electron chi connectivity index (χ3n) is 4.69. The van der Waals surface area contributed by atoms with Crippen LogP contribution in [0.5, 0.6) is 0 Å². The molecule has 0 saturated carbocycles. The van der Waals surface area contributed by atoms with Crippen LogP contribution in [0.15, 0.2) is 23.1 Å². The first-order valence-corrected chi connectivity index (χ1v) is 10.2. The SMILES string of the molecule is CCC(=O)N1CCCC(C(=O)Nc2cc(S(=O)(=O)N(C)C)ccc2C)C1. The zero-order valence-corrected chi connectivity index (χ0v) is 16.6. The van der Waals surface area contributed by atoms with Gasteiger partial charge in [0.1, 0.15) is 0 Å². The normalized spacial score (nSPS) is 18.0. The standard InChI is InChI=1S/C18H27N3O4S/c1-5-17(22)21-10-6-7-14(12-21)18(23)19-16-11-15(9-8-13(16)2)26(24,25)20(3)4/h8-9,11,14H,5-7,10,12H2,1-4H3,(H,19,23). The van der Waals surface area contributed by atoms with E-state index >= 15 is 0 Å². The van der Waals surface area contributed by atoms with Crippen LogP contribution in [-0.4, -0.2) is 56.6 Å². The Kier molecular flexibility index (Phi) is 6.41. The first-order valence-electron chi connectivity index (χ1n) is 8.78. The number of nitrogens with zero attached hydrogens (tertiary/aromatic N) is 2. The summed E-state index contributed by atoms with van der Waals surface area (Å²) in [7, 11) is -0.637. The average molecular weight is 381 g/mol. The predicted octanol–water partition coefficient (Wildman–Crippen LogP) is 1.83. The monoisotopic (exact) mass is 381 g/mol. The summed E-state index contributed by atoms with van der Waals surface area (Å²) in [5, 5.41) is 2.85. The Labute approximate surface area is 155 Å². The van der Waals surface area contributed by atoms with Gasteiger partial charge in [-0.25, -0.2) is 12.7 Å². The number of hydrogen-bond acceptors (Lipinski definition) is 4. The maximum Gasteiger partial charge on any atom is 0.242 e. The Bertz CT molecular complexity index is 790. The van der Waals surface area contributed by atoms with E-state index < -0.39 is 10.0 Å². The zero-order valence-electron chi connectivity index (χ0n) is 15.8. The summed E-state index contributed by atoms with van der Waals surface area (Å²) in [5.74, 6) is -0.411. The molecule has 1 N–H and O–H groups in total. The van der Waals surface area contributed by atoms with Crippen LogP contribution < -0.4 is 5.32 Å². The van der Waals surface area contributed by atoms with Crippen LogP contribution in [0.1, 0.15) is 31.7 Å². The molecule has 144 valence electrons. The van der Waals surface area contributed by atoms with E-state index in [-0.39, 0.29) is 22.6 Å². The molecule has 1 aromatic carbocycles. The molecule has 0 bridgehead atoms. The molecule has 0 aliphatic carbocycles. The average Bonchev–Trinajstić information content (AvgIpc) is 2.62. The van der Waals surface area contributed by atoms with Gasteiger partial charge in [-0.05, 0) is 37.5 Å². The summed E-state index contributed by atoms with van der Waals surface area (Å²) in [5.41, 5.74) is 1.27. The third kappa shape index (κ3) is 4.42. The lowest BCUT2D eigenvalue weighted by atomic mass is 9.96. The van der Waals surface area contributed by atoms with Crippen molar-refractivity contribution < 1.29 is 18.0 Å². The summed E-state index contributed by atoms with van der Waals surface area (Å²) in [6.45, 7) is 4.72. The number of likely N-dealkylation sites (tertiary alicyclic amines) is 1. The van der Waals surface area contributed by atoms with E-state index in [1.54, 1.807) is 11.0 Å². The Morgan fingerprint density at radius 2 is 2.00 bits per heavy atom. The fourth-order valence-electron chi connectivity index (χ4n) is 2.98. The molecule has 7 nitrogen and oxygen atoms in total. The molecule has 0 radical (unpaired) electrons. The minimum atomic E-state index is -3.57. The maximum absolute atomic E-state index is 12.7. The molecule has 0 aromatic heterocycles. The summed E-state index contributed by atoms with van der Waals surface area (Å²) < 4.78 is 25.7. The molecule has 1 saturated heterocycles. The van der Waals surface area contributed by atoms with Crippen LogP contribution in [0, 0.1) is 12.8 Å². The number of rotatable bonds is 5. The quantitative estimate of drug-likeness (QED) is 0.843. The van der Waals surface area contributed by atoms with E-state index in [4.69, 9.17) is 0 Å². The minimum Gasteiger partial charge on any atom is -0.342 e. The first-order chi connectivity index (χ1) is 12.2. The number of piperidine rings is 1. The van der Waals surface area contributed by atoms with Gasteiger partial charge in [0.05, 0.1) is 10.8 Å². The van der Waals surface area contributed by atoms with Crippen LogP contribution in [0.4, 0.5) is 5.69 Å². The van der Waals surface area contributed by atoms with Crippen molar-refractivity contribution in [3.8, 4) is 0 Å². The Hall–Kier alpha value is -1.93. The molecule has 1 unspecified atom stereocenters. The largest absolute Gasteiger partial charge is 0.342 e. The van der Waals surface area contributed by atoms with Gasteiger partial charge in [-0.3, -0.25) is 9.59 Å². The molecule has 8 heteroatoms. The summed E-state index contributed by atoms with van der Waals surface area (Å²) in [4.78, 5) is 26.4. The highest BCUT2D eigenvalue weighted by molar-refractivity contribution is 7.89. The van der Waals surface area contributed by atoms with Crippen molar-refractivity contribution in [2.45, 2.75) is 38.0 Å². The lowest BCUT2D eigenvalue weighted by Crippen LogP contribution is -2.43. The van der Waals surface area contributed by atoms with Gasteiger partial charge in [0.2, 0.25) is 21.8 Å². The van der Waals surface area contributed by atoms with E-state index in [9.17, 15) is 18.0 Å². The number of amides is 2. The number of nitrogens with one attached hydrogen (secondary N) is 1. The molecule has 1 heterocycles. The van der Waals surface area contributed by atoms with Crippen LogP contribution >= 0.6 is 0 Å². The van der Waals surface area contributed by atoms with E-state index in [0.29, 0.717) is 31.6 Å². The highest BCUT2D eigenvalue weighted by Gasteiger charge is 2.28. The lowest BCUT2D eigenvalue weighted by molar-refractivity contribution is -0.134. The number of carbonyl (C=O) groups is 2. The van der Waals surface area contributed by atoms with E-state index in [1.807, 2.05) is 13.8 Å². The molecule has 1 atom stereocenters. The molecule has 26 heavy (non-hydrogen) atoms. The van der Waals surface area contributed by atoms with Crippen LogP contribution in [0.25, 0.3) is 0 Å². The van der Waals surface area contributed by atoms with Crippen molar-refractivity contribution in [3.63, 3.8) is 0 Å². The number of carbonyl (C=O) groups excluding carboxylic acids is 2. The minimum absolute atomic E-state index is 0.0535. The fourth-order valence-corrected chi connectivity index (χ4v) is 3.91. The van der Waals surface area contributed by atoms with Crippen molar-refractivity contribution in [1.82, 2.24) is 9.21 Å². The highest BCUT2D eigenvalue weighted by Crippen LogP contribution is 2.24. The fraction of sp³-hybridized carbons (Fsp3) is 0.556. The van der Waals surface area contributed by atoms with Gasteiger partial charge in [0.15, 0.2) is 0 Å². The van der Waals surface area contributed by atoms with Gasteiger partial charge in [-0.15, -0.1) is 0 Å². The lowest BCUT2D eigenvalue weighted by Gasteiger charge is -2.32. The second kappa shape index (κ2) is 8.18. The molecular weight excluding hydrogens is 354 g/mol. The van der Waals surface area contributed by atoms with Crippen molar-refractivity contribution in [3.05, 3.63) is 23.8 Å². The van der Waals surface area contributed by atoms with E-state index in [0.717, 1.165) is 16.3 Å². The van der Waals surface area contributed by atoms with Crippen molar-refractivity contribution >= 4 is 27.5 Å². The second-order valence-electron chi connectivity index (χ2n) is 6.79. The van der Waals surface area contributed by atoms with E-state index in [1.165, 1.54) is 26.2 Å². The van der Waals surface area contributed by atoms with Crippen molar-refractivity contribution in [1.29, 1.82) is 0 Å². The Morgan fingerprint density at radius 3 is 2.62 bits per heavy atom. The van der Waals surface area contributed by atoms with Gasteiger partial charge >= 0.3 is 0 Å². The van der Waals surface area contributed by atoms with Crippen LogP contribution in [-0.2, 0) is 19.6 Å². The molecule has 1 aromatic rings. The molecule has 1 aliphatic rings. The molecule has 2 rings (SSSR count).